The standard InChI is InChI=1S/C25H28Cl2OSi.Zr/c1-16(21-14-18-10-6-8-12-20(18)24(21)26)23-15-19-11-7-9-13-22(19)25(23,27)17(2)28-29(3,4)5;/h6-17,24H,1-5H3;. The summed E-state index contributed by atoms with van der Waals surface area (Å²) < 4.78 is 6.53. The van der Waals surface area contributed by atoms with E-state index in [0.717, 1.165) is 5.56 Å². The molecule has 0 spiro atoms. The molecule has 4 rings (SSSR count). The number of hydrogen-bond acceptors (Lipinski definition) is 1. The van der Waals surface area contributed by atoms with Crippen LogP contribution in [0.3, 0.4) is 0 Å². The second kappa shape index (κ2) is 8.83. The monoisotopic (exact) mass is 532 g/mol. The van der Waals surface area contributed by atoms with E-state index < -0.39 is 13.2 Å². The van der Waals surface area contributed by atoms with E-state index in [2.05, 4.69) is 94.2 Å². The molecule has 0 amide bonds. The van der Waals surface area contributed by atoms with Crippen LogP contribution in [0.25, 0.3) is 12.2 Å². The summed E-state index contributed by atoms with van der Waals surface area (Å²) in [6.07, 6.45) is 4.36. The number of benzene rings is 2. The molecule has 1 nitrogen and oxygen atoms in total. The largest absolute Gasteiger partial charge is 0.413 e. The maximum Gasteiger partial charge on any atom is 0.184 e. The second-order valence-corrected chi connectivity index (χ2v) is 14.6. The van der Waals surface area contributed by atoms with Crippen LogP contribution < -0.4 is 0 Å². The van der Waals surface area contributed by atoms with E-state index in [1.54, 1.807) is 0 Å². The first-order valence-electron chi connectivity index (χ1n) is 10.3. The van der Waals surface area contributed by atoms with Crippen LogP contribution in [0.5, 0.6) is 0 Å². The van der Waals surface area contributed by atoms with Crippen molar-refractivity contribution in [1.29, 1.82) is 0 Å². The van der Waals surface area contributed by atoms with Gasteiger partial charge in [-0.15, -0.1) is 23.2 Å². The molecule has 0 aromatic heterocycles. The summed E-state index contributed by atoms with van der Waals surface area (Å²) in [5, 5.41) is -0.125. The van der Waals surface area contributed by atoms with Crippen LogP contribution in [0.1, 0.15) is 41.5 Å². The van der Waals surface area contributed by atoms with Crippen molar-refractivity contribution in [1.82, 2.24) is 0 Å². The van der Waals surface area contributed by atoms with E-state index in [4.69, 9.17) is 27.6 Å². The van der Waals surface area contributed by atoms with Crippen LogP contribution in [-0.4, -0.2) is 14.4 Å². The number of fused-ring (bicyclic) bond motifs is 2. The molecule has 0 radical (unpaired) electrons. The first-order chi connectivity index (χ1) is 13.6. The first-order valence-corrected chi connectivity index (χ1v) is 14.5. The van der Waals surface area contributed by atoms with Crippen molar-refractivity contribution in [3.8, 4) is 0 Å². The molecule has 0 aliphatic heterocycles. The molecular weight excluding hydrogens is 506 g/mol. The topological polar surface area (TPSA) is 9.23 Å². The van der Waals surface area contributed by atoms with Crippen LogP contribution in [0.15, 0.2) is 59.7 Å². The Bertz CT molecular complexity index is 1010. The zero-order chi connectivity index (χ0) is 21.0. The molecule has 0 saturated carbocycles. The van der Waals surface area contributed by atoms with Crippen LogP contribution in [0, 0.1) is 5.92 Å². The van der Waals surface area contributed by atoms with Crippen molar-refractivity contribution in [3.63, 3.8) is 0 Å². The number of halogens is 2. The summed E-state index contributed by atoms with van der Waals surface area (Å²) in [5.74, 6) is 0.113. The molecule has 0 heterocycles. The maximum atomic E-state index is 7.51. The SMILES string of the molecule is CC(C1=Cc2ccccc2C1Cl)C1=Cc2ccccc2C1(Cl)C(C)O[Si](C)(C)C.[Zr]. The molecular formula is C25H28Cl2OSiZr. The Labute approximate surface area is 210 Å². The molecule has 4 unspecified atom stereocenters. The van der Waals surface area contributed by atoms with E-state index in [1.807, 2.05) is 0 Å². The third kappa shape index (κ3) is 4.14. The van der Waals surface area contributed by atoms with E-state index in [0.29, 0.717) is 0 Å². The van der Waals surface area contributed by atoms with Gasteiger partial charge in [0.1, 0.15) is 4.87 Å². The van der Waals surface area contributed by atoms with Gasteiger partial charge in [0.2, 0.25) is 0 Å². The molecule has 2 aromatic carbocycles. The molecule has 30 heavy (non-hydrogen) atoms. The number of rotatable bonds is 5. The fourth-order valence-electron chi connectivity index (χ4n) is 4.72. The summed E-state index contributed by atoms with van der Waals surface area (Å²) in [7, 11) is -1.77. The normalized spacial score (nSPS) is 24.3. The van der Waals surface area contributed by atoms with Gasteiger partial charge in [0, 0.05) is 32.1 Å². The summed E-state index contributed by atoms with van der Waals surface area (Å²) in [4.78, 5) is -0.692. The van der Waals surface area contributed by atoms with Gasteiger partial charge in [-0.3, -0.25) is 0 Å². The number of alkyl halides is 2. The van der Waals surface area contributed by atoms with Gasteiger partial charge in [-0.25, -0.2) is 0 Å². The maximum absolute atomic E-state index is 7.51. The summed E-state index contributed by atoms with van der Waals surface area (Å²) in [6.45, 7) is 11.0. The van der Waals surface area contributed by atoms with Gasteiger partial charge < -0.3 is 4.43 Å². The zero-order valence-corrected chi connectivity index (χ0v) is 23.1. The Kier molecular flexibility index (Phi) is 7.13. The Morgan fingerprint density at radius 2 is 1.53 bits per heavy atom. The number of hydrogen-bond donors (Lipinski definition) is 0. The van der Waals surface area contributed by atoms with Gasteiger partial charge in [-0.05, 0) is 60.0 Å². The molecule has 0 saturated heterocycles. The third-order valence-electron chi connectivity index (χ3n) is 6.02. The number of allylic oxidation sites excluding steroid dienone is 1. The van der Waals surface area contributed by atoms with Crippen molar-refractivity contribution in [3.05, 3.63) is 81.9 Å². The Morgan fingerprint density at radius 3 is 2.17 bits per heavy atom. The van der Waals surface area contributed by atoms with E-state index in [1.165, 1.54) is 27.8 Å². The minimum Gasteiger partial charge on any atom is -0.413 e. The molecule has 0 fully saturated rings. The van der Waals surface area contributed by atoms with Crippen molar-refractivity contribution >= 4 is 43.7 Å². The van der Waals surface area contributed by atoms with Crippen molar-refractivity contribution in [2.24, 2.45) is 5.92 Å². The summed E-state index contributed by atoms with van der Waals surface area (Å²) in [6, 6.07) is 16.8. The molecule has 2 aliphatic carbocycles. The van der Waals surface area contributed by atoms with Crippen LogP contribution in [-0.2, 0) is 35.5 Å². The van der Waals surface area contributed by atoms with Gasteiger partial charge >= 0.3 is 0 Å². The fourth-order valence-corrected chi connectivity index (χ4v) is 6.91. The van der Waals surface area contributed by atoms with Crippen LogP contribution in [0.4, 0.5) is 0 Å². The smallest absolute Gasteiger partial charge is 0.184 e. The molecule has 5 heteroatoms. The average molecular weight is 535 g/mol. The third-order valence-corrected chi connectivity index (χ3v) is 8.30. The van der Waals surface area contributed by atoms with Crippen molar-refractivity contribution in [2.75, 3.05) is 0 Å². The van der Waals surface area contributed by atoms with E-state index in [9.17, 15) is 0 Å². The molecule has 0 N–H and O–H groups in total. The minimum absolute atomic E-state index is 0. The molecule has 2 aromatic rings. The summed E-state index contributed by atoms with van der Waals surface area (Å²) in [5.41, 5.74) is 7.08. The van der Waals surface area contributed by atoms with Crippen LogP contribution in [0.2, 0.25) is 19.6 Å². The van der Waals surface area contributed by atoms with Gasteiger partial charge in [-0.1, -0.05) is 67.6 Å². The molecule has 156 valence electrons. The van der Waals surface area contributed by atoms with Gasteiger partial charge in [0.05, 0.1) is 11.5 Å². The van der Waals surface area contributed by atoms with Gasteiger partial charge in [0.25, 0.3) is 0 Å². The van der Waals surface area contributed by atoms with Crippen molar-refractivity contribution < 1.29 is 30.6 Å². The van der Waals surface area contributed by atoms with Gasteiger partial charge in [-0.2, -0.15) is 0 Å². The fraction of sp³-hybridized carbons (Fsp3) is 0.360. The first kappa shape index (κ1) is 24.2. The predicted octanol–water partition coefficient (Wildman–Crippen LogP) is 7.77. The van der Waals surface area contributed by atoms with Crippen LogP contribution >= 0.6 is 23.2 Å². The second-order valence-electron chi connectivity index (χ2n) is 9.13. The molecule has 4 atom stereocenters. The van der Waals surface area contributed by atoms with Crippen molar-refractivity contribution in [2.45, 2.75) is 49.8 Å². The van der Waals surface area contributed by atoms with E-state index in [-0.39, 0.29) is 43.6 Å². The van der Waals surface area contributed by atoms with Gasteiger partial charge in [0.15, 0.2) is 8.32 Å². The quantitative estimate of drug-likeness (QED) is 0.281. The molecule has 2 aliphatic rings. The minimum atomic E-state index is -1.77. The van der Waals surface area contributed by atoms with E-state index >= 15 is 0 Å². The predicted molar refractivity (Wildman–Crippen MR) is 128 cm³/mol. The Morgan fingerprint density at radius 1 is 0.933 bits per heavy atom. The average Bonchev–Trinajstić information content (AvgIpc) is 3.16. The summed E-state index contributed by atoms with van der Waals surface area (Å²) >= 11 is 14.4. The Balaban J connectivity index is 0.00000256. The zero-order valence-electron chi connectivity index (χ0n) is 18.2. The Hall–Kier alpha value is -0.440. The molecule has 0 bridgehead atoms.